The lowest BCUT2D eigenvalue weighted by Gasteiger charge is -2.36. The molecular weight excluding hydrogens is 356 g/mol. The SMILES string of the molecule is CC(C)c1noc(C(C)N2CCN(Cc3cc(=O)n4ccccc4n3)CC2)n1. The zero-order valence-corrected chi connectivity index (χ0v) is 16.6. The summed E-state index contributed by atoms with van der Waals surface area (Å²) in [6, 6.07) is 7.33. The molecule has 1 aliphatic rings. The average Bonchev–Trinajstić information content (AvgIpc) is 3.19. The number of aromatic nitrogens is 4. The molecule has 0 aromatic carbocycles. The second kappa shape index (κ2) is 7.81. The molecule has 0 spiro atoms. The van der Waals surface area contributed by atoms with Crippen LogP contribution >= 0.6 is 0 Å². The number of piperazine rings is 1. The van der Waals surface area contributed by atoms with E-state index >= 15 is 0 Å². The van der Waals surface area contributed by atoms with Crippen molar-refractivity contribution in [3.8, 4) is 0 Å². The van der Waals surface area contributed by atoms with Gasteiger partial charge in [0.1, 0.15) is 5.65 Å². The minimum Gasteiger partial charge on any atom is -0.338 e. The van der Waals surface area contributed by atoms with Crippen molar-refractivity contribution in [1.29, 1.82) is 0 Å². The molecule has 8 nitrogen and oxygen atoms in total. The Balaban J connectivity index is 1.38. The van der Waals surface area contributed by atoms with Gasteiger partial charge in [0.25, 0.3) is 5.56 Å². The second-order valence-electron chi connectivity index (χ2n) is 7.65. The Hall–Kier alpha value is -2.58. The number of pyridine rings is 1. The molecule has 4 heterocycles. The van der Waals surface area contributed by atoms with Crippen LogP contribution in [0.5, 0.6) is 0 Å². The molecule has 0 N–H and O–H groups in total. The molecule has 0 aliphatic carbocycles. The summed E-state index contributed by atoms with van der Waals surface area (Å²) in [6.07, 6.45) is 1.75. The van der Waals surface area contributed by atoms with Crippen LogP contribution in [0.4, 0.5) is 0 Å². The molecule has 3 aromatic rings. The van der Waals surface area contributed by atoms with Crippen molar-refractivity contribution in [1.82, 2.24) is 29.3 Å². The topological polar surface area (TPSA) is 79.8 Å². The van der Waals surface area contributed by atoms with Crippen molar-refractivity contribution in [3.63, 3.8) is 0 Å². The van der Waals surface area contributed by atoms with Gasteiger partial charge in [0.2, 0.25) is 5.89 Å². The summed E-state index contributed by atoms with van der Waals surface area (Å²) >= 11 is 0. The molecule has 0 saturated carbocycles. The minimum atomic E-state index is -0.0368. The summed E-state index contributed by atoms with van der Waals surface area (Å²) in [5.74, 6) is 1.70. The van der Waals surface area contributed by atoms with Crippen LogP contribution in [0, 0.1) is 0 Å². The van der Waals surface area contributed by atoms with E-state index in [1.165, 1.54) is 0 Å². The monoisotopic (exact) mass is 382 g/mol. The molecule has 4 rings (SSSR count). The van der Waals surface area contributed by atoms with Crippen LogP contribution in [0.3, 0.4) is 0 Å². The molecule has 28 heavy (non-hydrogen) atoms. The lowest BCUT2D eigenvalue weighted by atomic mass is 10.2. The summed E-state index contributed by atoms with van der Waals surface area (Å²) in [6.45, 7) is 10.5. The van der Waals surface area contributed by atoms with Gasteiger partial charge < -0.3 is 4.52 Å². The van der Waals surface area contributed by atoms with Crippen molar-refractivity contribution in [2.24, 2.45) is 0 Å². The molecule has 1 aliphatic heterocycles. The fourth-order valence-electron chi connectivity index (χ4n) is 3.53. The van der Waals surface area contributed by atoms with Crippen molar-refractivity contribution >= 4 is 5.65 Å². The fraction of sp³-hybridized carbons (Fsp3) is 0.500. The van der Waals surface area contributed by atoms with Crippen LogP contribution < -0.4 is 5.56 Å². The van der Waals surface area contributed by atoms with Crippen molar-refractivity contribution < 1.29 is 4.52 Å². The van der Waals surface area contributed by atoms with Gasteiger partial charge in [0.15, 0.2) is 5.82 Å². The molecule has 8 heteroatoms. The molecule has 0 radical (unpaired) electrons. The first-order valence-electron chi connectivity index (χ1n) is 9.78. The number of hydrogen-bond donors (Lipinski definition) is 0. The molecule has 1 saturated heterocycles. The Bertz CT molecular complexity index is 1000. The smallest absolute Gasteiger partial charge is 0.258 e. The summed E-state index contributed by atoms with van der Waals surface area (Å²) in [5.41, 5.74) is 1.47. The summed E-state index contributed by atoms with van der Waals surface area (Å²) in [4.78, 5) is 26.1. The van der Waals surface area contributed by atoms with E-state index in [0.717, 1.165) is 37.7 Å². The number of fused-ring (bicyclic) bond motifs is 1. The largest absolute Gasteiger partial charge is 0.338 e. The number of nitrogens with zero attached hydrogens (tertiary/aromatic N) is 6. The summed E-state index contributed by atoms with van der Waals surface area (Å²) in [5, 5.41) is 4.07. The van der Waals surface area contributed by atoms with E-state index in [1.54, 1.807) is 16.7 Å². The van der Waals surface area contributed by atoms with E-state index in [-0.39, 0.29) is 17.5 Å². The van der Waals surface area contributed by atoms with Crippen molar-refractivity contribution in [2.45, 2.75) is 39.3 Å². The van der Waals surface area contributed by atoms with Crippen LogP contribution in [0.25, 0.3) is 5.65 Å². The van der Waals surface area contributed by atoms with Gasteiger partial charge in [-0.2, -0.15) is 4.98 Å². The third-order valence-electron chi connectivity index (χ3n) is 5.30. The Labute approximate surface area is 163 Å². The Morgan fingerprint density at radius 2 is 1.89 bits per heavy atom. The zero-order chi connectivity index (χ0) is 19.7. The normalized spacial score (nSPS) is 17.4. The molecule has 0 bridgehead atoms. The standard InChI is InChI=1S/C20H26N6O2/c1-14(2)19-22-20(28-23-19)15(3)25-10-8-24(9-11-25)13-16-12-18(27)26-7-5-4-6-17(26)21-16/h4-7,12,14-15H,8-11,13H2,1-3H3. The van der Waals surface area contributed by atoms with Gasteiger partial charge in [-0.05, 0) is 19.1 Å². The van der Waals surface area contributed by atoms with Gasteiger partial charge in [0, 0.05) is 50.9 Å². The molecule has 1 unspecified atom stereocenters. The first-order chi connectivity index (χ1) is 13.5. The summed E-state index contributed by atoms with van der Waals surface area (Å²) < 4.78 is 7.02. The first kappa shape index (κ1) is 18.8. The van der Waals surface area contributed by atoms with Crippen molar-refractivity contribution in [2.75, 3.05) is 26.2 Å². The van der Waals surface area contributed by atoms with Crippen LogP contribution in [0.1, 0.15) is 50.1 Å². The van der Waals surface area contributed by atoms with Gasteiger partial charge in [-0.15, -0.1) is 0 Å². The lowest BCUT2D eigenvalue weighted by Crippen LogP contribution is -2.46. The predicted octanol–water partition coefficient (Wildman–Crippen LogP) is 2.08. The zero-order valence-electron chi connectivity index (χ0n) is 16.6. The molecule has 1 atom stereocenters. The van der Waals surface area contributed by atoms with E-state index < -0.39 is 0 Å². The molecule has 0 amide bonds. The van der Waals surface area contributed by atoms with E-state index in [9.17, 15) is 4.79 Å². The maximum Gasteiger partial charge on any atom is 0.258 e. The maximum absolute atomic E-state index is 12.3. The maximum atomic E-state index is 12.3. The molecule has 3 aromatic heterocycles. The van der Waals surface area contributed by atoms with E-state index in [0.29, 0.717) is 18.1 Å². The number of hydrogen-bond acceptors (Lipinski definition) is 7. The third-order valence-corrected chi connectivity index (χ3v) is 5.30. The average molecular weight is 382 g/mol. The van der Waals surface area contributed by atoms with Gasteiger partial charge in [-0.25, -0.2) is 4.98 Å². The van der Waals surface area contributed by atoms with Crippen molar-refractivity contribution in [3.05, 3.63) is 58.2 Å². The highest BCUT2D eigenvalue weighted by atomic mass is 16.5. The molecule has 148 valence electrons. The molecular formula is C20H26N6O2. The quantitative estimate of drug-likeness (QED) is 0.668. The highest BCUT2D eigenvalue weighted by Crippen LogP contribution is 2.22. The van der Waals surface area contributed by atoms with Gasteiger partial charge >= 0.3 is 0 Å². The minimum absolute atomic E-state index is 0.0368. The first-order valence-corrected chi connectivity index (χ1v) is 9.78. The van der Waals surface area contributed by atoms with Crippen LogP contribution in [0.15, 0.2) is 39.8 Å². The van der Waals surface area contributed by atoms with Gasteiger partial charge in [-0.3, -0.25) is 19.0 Å². The Morgan fingerprint density at radius 1 is 1.11 bits per heavy atom. The summed E-state index contributed by atoms with van der Waals surface area (Å²) in [7, 11) is 0. The highest BCUT2D eigenvalue weighted by Gasteiger charge is 2.26. The number of rotatable bonds is 5. The van der Waals surface area contributed by atoms with E-state index in [4.69, 9.17) is 4.52 Å². The second-order valence-corrected chi connectivity index (χ2v) is 7.65. The third kappa shape index (κ3) is 3.83. The highest BCUT2D eigenvalue weighted by molar-refractivity contribution is 5.37. The fourth-order valence-corrected chi connectivity index (χ4v) is 3.53. The van der Waals surface area contributed by atoms with Crippen LogP contribution in [0.2, 0.25) is 0 Å². The lowest BCUT2D eigenvalue weighted by molar-refractivity contribution is 0.0839. The van der Waals surface area contributed by atoms with Crippen LogP contribution in [-0.2, 0) is 6.54 Å². The molecule has 1 fully saturated rings. The van der Waals surface area contributed by atoms with Gasteiger partial charge in [-0.1, -0.05) is 25.1 Å². The van der Waals surface area contributed by atoms with E-state index in [2.05, 4.69) is 45.7 Å². The van der Waals surface area contributed by atoms with Crippen LogP contribution in [-0.4, -0.2) is 55.5 Å². The Morgan fingerprint density at radius 3 is 2.61 bits per heavy atom. The van der Waals surface area contributed by atoms with Gasteiger partial charge in [0.05, 0.1) is 11.7 Å². The predicted molar refractivity (Wildman–Crippen MR) is 105 cm³/mol. The van der Waals surface area contributed by atoms with E-state index in [1.807, 2.05) is 18.2 Å². The Kier molecular flexibility index (Phi) is 5.23.